The van der Waals surface area contributed by atoms with Gasteiger partial charge in [0.2, 0.25) is 0 Å². The van der Waals surface area contributed by atoms with Crippen LogP contribution in [0, 0.1) is 40.3 Å². The molecule has 5 aliphatic rings. The Kier molecular flexibility index (Phi) is 11.3. The Bertz CT molecular complexity index is 1930. The molecular weight excluding hydrogens is 696 g/mol. The zero-order valence-corrected chi connectivity index (χ0v) is 32.8. The third kappa shape index (κ3) is 7.67. The van der Waals surface area contributed by atoms with E-state index in [0.717, 1.165) is 87.0 Å². The number of aromatic nitrogens is 2. The lowest BCUT2D eigenvalue weighted by atomic mass is 9.45. The van der Waals surface area contributed by atoms with Crippen molar-refractivity contribution in [3.8, 4) is 0 Å². The zero-order chi connectivity index (χ0) is 38.2. The summed E-state index contributed by atoms with van der Waals surface area (Å²) in [4.78, 5) is 42.0. The van der Waals surface area contributed by atoms with Gasteiger partial charge >= 0.3 is 0 Å². The van der Waals surface area contributed by atoms with Crippen molar-refractivity contribution < 1.29 is 23.5 Å². The van der Waals surface area contributed by atoms with Gasteiger partial charge in [-0.2, -0.15) is 5.10 Å². The normalized spacial score (nSPS) is 30.9. The number of ether oxygens (including phenoxy) is 2. The van der Waals surface area contributed by atoms with E-state index in [1.54, 1.807) is 23.1 Å². The SMILES string of the molecule is C[C@]12CCC(=O)C[C@@H]1CC[C@@H]1[C@@H]2CC[C@]2(C)[C@@H](OCCCOCCCN3CCN(C(=O)c4cc(Cc5n[nH]c(=O)c6ccccc56)ccc4F)CC3)CC[C@@H]12. The monoisotopic (exact) mass is 754 g/mol. The first-order valence-electron chi connectivity index (χ1n) is 21.1. The highest BCUT2D eigenvalue weighted by molar-refractivity contribution is 5.95. The van der Waals surface area contributed by atoms with Crippen molar-refractivity contribution in [1.82, 2.24) is 20.0 Å². The maximum atomic E-state index is 14.9. The fourth-order valence-corrected chi connectivity index (χ4v) is 11.8. The van der Waals surface area contributed by atoms with Crippen molar-refractivity contribution in [3.05, 3.63) is 75.5 Å². The number of benzene rings is 2. The van der Waals surface area contributed by atoms with Crippen LogP contribution in [0.15, 0.2) is 47.3 Å². The summed E-state index contributed by atoms with van der Waals surface area (Å²) in [5.41, 5.74) is 1.89. The third-order valence-electron chi connectivity index (χ3n) is 15.0. The van der Waals surface area contributed by atoms with Gasteiger partial charge in [-0.1, -0.05) is 38.1 Å². The quantitative estimate of drug-likeness (QED) is 0.195. The van der Waals surface area contributed by atoms with Gasteiger partial charge in [-0.15, -0.1) is 0 Å². The van der Waals surface area contributed by atoms with Crippen LogP contribution in [0.1, 0.15) is 106 Å². The highest BCUT2D eigenvalue weighted by Gasteiger charge is 2.60. The van der Waals surface area contributed by atoms with E-state index in [9.17, 15) is 18.8 Å². The van der Waals surface area contributed by atoms with Crippen LogP contribution in [0.25, 0.3) is 10.8 Å². The van der Waals surface area contributed by atoms with Crippen LogP contribution in [0.4, 0.5) is 4.39 Å². The Balaban J connectivity index is 0.726. The largest absolute Gasteiger partial charge is 0.381 e. The van der Waals surface area contributed by atoms with Crippen LogP contribution < -0.4 is 5.56 Å². The molecule has 2 heterocycles. The average Bonchev–Trinajstić information content (AvgIpc) is 3.54. The molecule has 10 heteroatoms. The number of amides is 1. The molecule has 1 aliphatic heterocycles. The number of nitrogens with zero attached hydrogens (tertiary/aromatic N) is 3. The maximum absolute atomic E-state index is 14.9. The molecule has 1 saturated heterocycles. The highest BCUT2D eigenvalue weighted by Crippen LogP contribution is 2.66. The van der Waals surface area contributed by atoms with Crippen LogP contribution in [0.5, 0.6) is 0 Å². The number of carbonyl (C=O) groups excluding carboxylic acids is 2. The van der Waals surface area contributed by atoms with Gasteiger partial charge < -0.3 is 14.4 Å². The molecule has 296 valence electrons. The predicted molar refractivity (Wildman–Crippen MR) is 210 cm³/mol. The number of rotatable bonds is 12. The number of hydrogen-bond donors (Lipinski definition) is 1. The summed E-state index contributed by atoms with van der Waals surface area (Å²) in [5.74, 6) is 2.63. The standard InChI is InChI=1S/C45H59FN4O5/c1-44-17-15-32(51)29-31(44)10-11-35-37-12-14-41(45(37,2)18-16-38(35)44)55-26-6-25-54-24-5-19-49-20-22-50(23-21-49)43(53)36-27-30(9-13-39(36)46)28-40-33-7-3-4-8-34(33)42(52)48-47-40/h3-4,7-9,13,27,31,35,37-38,41H,5-6,10-12,14-26,28-29H2,1-2H3,(H,48,52)/t31-,35-,37-,38-,41-,44-,45-/m0/s1. The van der Waals surface area contributed by atoms with Crippen molar-refractivity contribution in [1.29, 1.82) is 0 Å². The molecule has 1 amide bonds. The second-order valence-corrected chi connectivity index (χ2v) is 17.9. The smallest absolute Gasteiger partial charge is 0.272 e. The molecule has 4 saturated carbocycles. The molecule has 0 radical (unpaired) electrons. The zero-order valence-electron chi connectivity index (χ0n) is 32.8. The summed E-state index contributed by atoms with van der Waals surface area (Å²) in [6.45, 7) is 10.7. The van der Waals surface area contributed by atoms with Gasteiger partial charge in [0, 0.05) is 77.2 Å². The lowest BCUT2D eigenvalue weighted by Crippen LogP contribution is -2.54. The Morgan fingerprint density at radius 3 is 2.51 bits per heavy atom. The molecule has 55 heavy (non-hydrogen) atoms. The van der Waals surface area contributed by atoms with E-state index in [1.807, 2.05) is 18.2 Å². The topological polar surface area (TPSA) is 105 Å². The molecule has 8 rings (SSSR count). The molecule has 3 aromatic rings. The van der Waals surface area contributed by atoms with Gasteiger partial charge in [-0.05, 0) is 116 Å². The van der Waals surface area contributed by atoms with Crippen molar-refractivity contribution in [2.45, 2.75) is 97.0 Å². The van der Waals surface area contributed by atoms with E-state index in [2.05, 4.69) is 28.9 Å². The maximum Gasteiger partial charge on any atom is 0.272 e. The highest BCUT2D eigenvalue weighted by atomic mass is 19.1. The molecule has 4 aliphatic carbocycles. The number of aromatic amines is 1. The number of nitrogens with one attached hydrogen (secondary N) is 1. The summed E-state index contributed by atoms with van der Waals surface area (Å²) >= 11 is 0. The molecule has 1 aromatic heterocycles. The summed E-state index contributed by atoms with van der Waals surface area (Å²) in [5, 5.41) is 8.09. The summed E-state index contributed by atoms with van der Waals surface area (Å²) < 4.78 is 27.6. The molecule has 2 aromatic carbocycles. The Morgan fingerprint density at radius 1 is 0.891 bits per heavy atom. The number of halogens is 1. The Labute approximate surface area is 324 Å². The minimum Gasteiger partial charge on any atom is -0.381 e. The molecule has 0 spiro atoms. The first-order valence-corrected chi connectivity index (χ1v) is 21.1. The number of carbonyl (C=O) groups is 2. The van der Waals surface area contributed by atoms with Crippen molar-refractivity contribution in [3.63, 3.8) is 0 Å². The van der Waals surface area contributed by atoms with Gasteiger partial charge in [-0.25, -0.2) is 9.49 Å². The molecule has 5 fully saturated rings. The number of H-pyrrole nitrogens is 1. The second kappa shape index (κ2) is 16.2. The Hall–Kier alpha value is -3.47. The lowest BCUT2D eigenvalue weighted by Gasteiger charge is -2.60. The van der Waals surface area contributed by atoms with Gasteiger partial charge in [0.05, 0.1) is 22.7 Å². The summed E-state index contributed by atoms with van der Waals surface area (Å²) in [6.07, 6.45) is 12.9. The van der Waals surface area contributed by atoms with E-state index < -0.39 is 5.82 Å². The van der Waals surface area contributed by atoms with Crippen molar-refractivity contribution >= 4 is 22.5 Å². The van der Waals surface area contributed by atoms with Crippen molar-refractivity contribution in [2.24, 2.45) is 34.5 Å². The Morgan fingerprint density at radius 2 is 1.67 bits per heavy atom. The van der Waals surface area contributed by atoms with Crippen molar-refractivity contribution in [2.75, 3.05) is 52.5 Å². The minimum absolute atomic E-state index is 0.0712. The number of Topliss-reactive ketones (excluding diaryl/α,β-unsaturated/α-hetero) is 1. The van der Waals surface area contributed by atoms with E-state index in [0.29, 0.717) is 67.0 Å². The van der Waals surface area contributed by atoms with Crippen LogP contribution in [-0.4, -0.2) is 90.3 Å². The molecule has 1 N–H and O–H groups in total. The lowest BCUT2D eigenvalue weighted by molar-refractivity contribution is -0.145. The second-order valence-electron chi connectivity index (χ2n) is 17.9. The average molecular weight is 755 g/mol. The third-order valence-corrected chi connectivity index (χ3v) is 15.0. The molecular formula is C45H59FN4O5. The van der Waals surface area contributed by atoms with E-state index in [-0.39, 0.29) is 22.4 Å². The summed E-state index contributed by atoms with van der Waals surface area (Å²) in [6, 6.07) is 11.9. The van der Waals surface area contributed by atoms with Crippen LogP contribution in [-0.2, 0) is 20.7 Å². The minimum atomic E-state index is -0.529. The number of piperazine rings is 1. The first-order chi connectivity index (χ1) is 26.6. The molecule has 9 nitrogen and oxygen atoms in total. The fraction of sp³-hybridized carbons (Fsp3) is 0.644. The number of ketones is 1. The van der Waals surface area contributed by atoms with Gasteiger partial charge in [0.25, 0.3) is 11.5 Å². The van der Waals surface area contributed by atoms with Gasteiger partial charge in [-0.3, -0.25) is 19.3 Å². The number of hydrogen-bond acceptors (Lipinski definition) is 7. The molecule has 0 unspecified atom stereocenters. The van der Waals surface area contributed by atoms with Gasteiger partial charge in [0.15, 0.2) is 0 Å². The summed E-state index contributed by atoms with van der Waals surface area (Å²) in [7, 11) is 0. The fourth-order valence-electron chi connectivity index (χ4n) is 11.8. The van der Waals surface area contributed by atoms with E-state index in [1.165, 1.54) is 44.6 Å². The molecule has 0 bridgehead atoms. The predicted octanol–water partition coefficient (Wildman–Crippen LogP) is 7.20. The van der Waals surface area contributed by atoms with Crippen LogP contribution in [0.3, 0.4) is 0 Å². The van der Waals surface area contributed by atoms with Crippen LogP contribution >= 0.6 is 0 Å². The van der Waals surface area contributed by atoms with E-state index >= 15 is 0 Å². The number of fused-ring (bicyclic) bond motifs is 6. The van der Waals surface area contributed by atoms with Gasteiger partial charge in [0.1, 0.15) is 11.6 Å². The molecule has 7 atom stereocenters. The van der Waals surface area contributed by atoms with E-state index in [4.69, 9.17) is 9.47 Å². The van der Waals surface area contributed by atoms with Crippen LogP contribution in [0.2, 0.25) is 0 Å². The first kappa shape index (κ1) is 38.4.